The van der Waals surface area contributed by atoms with E-state index in [1.807, 2.05) is 19.1 Å². The van der Waals surface area contributed by atoms with Gasteiger partial charge in [-0.15, -0.1) is 0 Å². The van der Waals surface area contributed by atoms with E-state index < -0.39 is 0 Å². The highest BCUT2D eigenvalue weighted by molar-refractivity contribution is 5.48. The third-order valence-electron chi connectivity index (χ3n) is 4.96. The van der Waals surface area contributed by atoms with Crippen LogP contribution in [0, 0.1) is 0 Å². The Morgan fingerprint density at radius 2 is 1.73 bits per heavy atom. The fourth-order valence-electron chi connectivity index (χ4n) is 3.49. The minimum Gasteiger partial charge on any atom is -0.504 e. The lowest BCUT2D eigenvalue weighted by Crippen LogP contribution is -3.27. The smallest absolute Gasteiger partial charge is 0.161 e. The molecule has 2 aromatic carbocycles. The number of hydrogen-bond acceptors (Lipinski definition) is 2. The molecular weight excluding hydrogens is 324 g/mol. The highest BCUT2D eigenvalue weighted by atomic mass is 16.5. The standard InChI is InChI=1S/C22H28N2O2/c1-2-26-22-17-20(10-11-21(22)25)18-24-15-13-23(14-16-24)12-6-9-19-7-4-3-5-8-19/h3-11,17,25H,2,12-16,18H2,1H3/p+2/b9-6+. The first-order valence-electron chi connectivity index (χ1n) is 9.58. The summed E-state index contributed by atoms with van der Waals surface area (Å²) in [4.78, 5) is 3.26. The lowest BCUT2D eigenvalue weighted by molar-refractivity contribution is -1.02. The first kappa shape index (κ1) is 18.5. The fraction of sp³-hybridized carbons (Fsp3) is 0.364. The molecular formula is C22H30N2O2+2. The van der Waals surface area contributed by atoms with Gasteiger partial charge >= 0.3 is 0 Å². The van der Waals surface area contributed by atoms with Crippen molar-refractivity contribution in [3.05, 3.63) is 65.7 Å². The van der Waals surface area contributed by atoms with Gasteiger partial charge in [0.2, 0.25) is 0 Å². The monoisotopic (exact) mass is 354 g/mol. The molecule has 4 heteroatoms. The van der Waals surface area contributed by atoms with Crippen molar-refractivity contribution < 1.29 is 19.6 Å². The third-order valence-corrected chi connectivity index (χ3v) is 4.96. The second-order valence-electron chi connectivity index (χ2n) is 6.93. The Morgan fingerprint density at radius 3 is 2.46 bits per heavy atom. The third kappa shape index (κ3) is 5.35. The molecule has 1 fully saturated rings. The Kier molecular flexibility index (Phi) is 6.69. The van der Waals surface area contributed by atoms with E-state index in [2.05, 4.69) is 42.5 Å². The van der Waals surface area contributed by atoms with Crippen LogP contribution in [0.25, 0.3) is 6.08 Å². The van der Waals surface area contributed by atoms with E-state index in [4.69, 9.17) is 4.74 Å². The van der Waals surface area contributed by atoms with E-state index in [-0.39, 0.29) is 5.75 Å². The fourth-order valence-corrected chi connectivity index (χ4v) is 3.49. The topological polar surface area (TPSA) is 38.3 Å². The van der Waals surface area contributed by atoms with Crippen LogP contribution in [0.4, 0.5) is 0 Å². The molecule has 0 radical (unpaired) electrons. The molecule has 0 amide bonds. The number of phenols is 1. The molecule has 138 valence electrons. The van der Waals surface area contributed by atoms with Gasteiger partial charge in [0, 0.05) is 5.56 Å². The molecule has 3 rings (SSSR count). The molecule has 0 aromatic heterocycles. The van der Waals surface area contributed by atoms with Crippen LogP contribution >= 0.6 is 0 Å². The molecule has 0 unspecified atom stereocenters. The van der Waals surface area contributed by atoms with Gasteiger partial charge in [0.15, 0.2) is 11.5 Å². The summed E-state index contributed by atoms with van der Waals surface area (Å²) in [6, 6.07) is 16.2. The van der Waals surface area contributed by atoms with Crippen LogP contribution in [0.5, 0.6) is 11.5 Å². The van der Waals surface area contributed by atoms with Crippen molar-refractivity contribution in [2.45, 2.75) is 13.5 Å². The average molecular weight is 354 g/mol. The quantitative estimate of drug-likeness (QED) is 0.688. The SMILES string of the molecule is CCOc1cc(C[NH+]2CC[NH+](C/C=C/c3ccccc3)CC2)ccc1O. The van der Waals surface area contributed by atoms with Crippen molar-refractivity contribution in [2.24, 2.45) is 0 Å². The minimum absolute atomic E-state index is 0.227. The second kappa shape index (κ2) is 9.41. The average Bonchev–Trinajstić information content (AvgIpc) is 2.67. The highest BCUT2D eigenvalue weighted by Crippen LogP contribution is 2.26. The van der Waals surface area contributed by atoms with Crippen LogP contribution < -0.4 is 14.5 Å². The molecule has 0 saturated carbocycles. The lowest BCUT2D eigenvalue weighted by atomic mass is 10.1. The molecule has 26 heavy (non-hydrogen) atoms. The van der Waals surface area contributed by atoms with Crippen molar-refractivity contribution >= 4 is 6.08 Å². The Balaban J connectivity index is 1.45. The van der Waals surface area contributed by atoms with Crippen LogP contribution in [0.3, 0.4) is 0 Å². The van der Waals surface area contributed by atoms with E-state index >= 15 is 0 Å². The first-order valence-corrected chi connectivity index (χ1v) is 9.58. The lowest BCUT2D eigenvalue weighted by Gasteiger charge is -2.29. The van der Waals surface area contributed by atoms with Crippen LogP contribution in [0.2, 0.25) is 0 Å². The van der Waals surface area contributed by atoms with E-state index in [9.17, 15) is 5.11 Å². The number of phenolic OH excluding ortho intramolecular Hbond substituents is 1. The maximum atomic E-state index is 9.83. The Morgan fingerprint density at radius 1 is 1.00 bits per heavy atom. The first-order chi connectivity index (χ1) is 12.7. The number of piperazine rings is 1. The van der Waals surface area contributed by atoms with Crippen molar-refractivity contribution in [2.75, 3.05) is 39.3 Å². The van der Waals surface area contributed by atoms with Gasteiger partial charge in [0.1, 0.15) is 32.7 Å². The van der Waals surface area contributed by atoms with E-state index in [0.29, 0.717) is 12.4 Å². The number of aromatic hydroxyl groups is 1. The van der Waals surface area contributed by atoms with Crippen LogP contribution in [0.15, 0.2) is 54.6 Å². The van der Waals surface area contributed by atoms with Crippen LogP contribution in [-0.2, 0) is 6.54 Å². The molecule has 1 aliphatic rings. The number of benzene rings is 2. The Hall–Kier alpha value is -2.30. The van der Waals surface area contributed by atoms with Gasteiger partial charge in [-0.2, -0.15) is 0 Å². The van der Waals surface area contributed by atoms with Gasteiger partial charge in [0.25, 0.3) is 0 Å². The van der Waals surface area contributed by atoms with E-state index in [1.54, 1.807) is 15.9 Å². The molecule has 0 spiro atoms. The summed E-state index contributed by atoms with van der Waals surface area (Å²) in [5.74, 6) is 0.824. The zero-order valence-electron chi connectivity index (χ0n) is 15.6. The van der Waals surface area contributed by atoms with Crippen LogP contribution in [-0.4, -0.2) is 44.4 Å². The second-order valence-corrected chi connectivity index (χ2v) is 6.93. The number of rotatable bonds is 7. The molecule has 1 heterocycles. The van der Waals surface area contributed by atoms with Crippen molar-refractivity contribution in [3.63, 3.8) is 0 Å². The molecule has 1 saturated heterocycles. The number of nitrogens with one attached hydrogen (secondary N) is 2. The zero-order chi connectivity index (χ0) is 18.2. The zero-order valence-corrected chi connectivity index (χ0v) is 15.6. The minimum atomic E-state index is 0.227. The molecule has 3 N–H and O–H groups in total. The van der Waals surface area contributed by atoms with Gasteiger partial charge in [-0.3, -0.25) is 0 Å². The normalized spacial score (nSPS) is 20.3. The summed E-state index contributed by atoms with van der Waals surface area (Å²) >= 11 is 0. The largest absolute Gasteiger partial charge is 0.504 e. The van der Waals surface area contributed by atoms with Crippen molar-refractivity contribution in [3.8, 4) is 11.5 Å². The number of ether oxygens (including phenoxy) is 1. The van der Waals surface area contributed by atoms with E-state index in [0.717, 1.165) is 13.1 Å². The van der Waals surface area contributed by atoms with Gasteiger partial charge < -0.3 is 19.6 Å². The molecule has 2 aromatic rings. The predicted molar refractivity (Wildman–Crippen MR) is 105 cm³/mol. The molecule has 0 atom stereocenters. The maximum absolute atomic E-state index is 9.83. The van der Waals surface area contributed by atoms with Gasteiger partial charge in [0.05, 0.1) is 13.2 Å². The molecule has 1 aliphatic heterocycles. The van der Waals surface area contributed by atoms with Crippen molar-refractivity contribution in [1.29, 1.82) is 0 Å². The summed E-state index contributed by atoms with van der Waals surface area (Å²) in [7, 11) is 0. The van der Waals surface area contributed by atoms with Crippen LogP contribution in [0.1, 0.15) is 18.1 Å². The van der Waals surface area contributed by atoms with Gasteiger partial charge in [-0.05, 0) is 36.8 Å². The predicted octanol–water partition coefficient (Wildman–Crippen LogP) is 0.788. The number of hydrogen-bond donors (Lipinski definition) is 3. The maximum Gasteiger partial charge on any atom is 0.161 e. The van der Waals surface area contributed by atoms with E-state index in [1.165, 1.54) is 37.3 Å². The highest BCUT2D eigenvalue weighted by Gasteiger charge is 2.22. The summed E-state index contributed by atoms with van der Waals surface area (Å²) in [6.07, 6.45) is 4.52. The summed E-state index contributed by atoms with van der Waals surface area (Å²) < 4.78 is 5.49. The Labute approximate surface area is 156 Å². The van der Waals surface area contributed by atoms with Gasteiger partial charge in [-0.25, -0.2) is 0 Å². The summed E-state index contributed by atoms with van der Waals surface area (Å²) in [5.41, 5.74) is 2.50. The molecule has 4 nitrogen and oxygen atoms in total. The van der Waals surface area contributed by atoms with Crippen molar-refractivity contribution in [1.82, 2.24) is 0 Å². The Bertz CT molecular complexity index is 707. The summed E-state index contributed by atoms with van der Waals surface area (Å²) in [6.45, 7) is 9.35. The number of quaternary nitrogens is 2. The molecule has 0 bridgehead atoms. The van der Waals surface area contributed by atoms with Gasteiger partial charge in [-0.1, -0.05) is 36.4 Å². The summed E-state index contributed by atoms with van der Waals surface area (Å²) in [5, 5.41) is 9.83. The molecule has 0 aliphatic carbocycles.